The van der Waals surface area contributed by atoms with Gasteiger partial charge in [-0.25, -0.2) is 9.98 Å². The molecule has 1 aromatic carbocycles. The van der Waals surface area contributed by atoms with Gasteiger partial charge in [-0.2, -0.15) is 0 Å². The molecule has 3 nitrogen and oxygen atoms in total. The molecule has 3 heteroatoms. The maximum Gasteiger partial charge on any atom is 0.172 e. The van der Waals surface area contributed by atoms with Crippen molar-refractivity contribution >= 4 is 17.3 Å². The second kappa shape index (κ2) is 4.18. The number of fused-ring (bicyclic) bond motifs is 1. The number of hydrogen-bond donors (Lipinski definition) is 0. The predicted octanol–water partition coefficient (Wildman–Crippen LogP) is 3.10. The van der Waals surface area contributed by atoms with Gasteiger partial charge in [0, 0.05) is 6.20 Å². The normalized spacial score (nSPS) is 14.1. The SMILES string of the molecule is Cc1cccc(C2=Nc3ncccc3C(=O)C2)c1. The van der Waals surface area contributed by atoms with Crippen LogP contribution in [0.5, 0.6) is 0 Å². The molecule has 3 rings (SSSR count). The minimum Gasteiger partial charge on any atom is -0.294 e. The minimum atomic E-state index is 0.0876. The number of carbonyl (C=O) groups is 1. The van der Waals surface area contributed by atoms with Gasteiger partial charge < -0.3 is 0 Å². The van der Waals surface area contributed by atoms with Gasteiger partial charge >= 0.3 is 0 Å². The lowest BCUT2D eigenvalue weighted by atomic mass is 9.97. The summed E-state index contributed by atoms with van der Waals surface area (Å²) in [6.45, 7) is 2.03. The van der Waals surface area contributed by atoms with E-state index in [-0.39, 0.29) is 5.78 Å². The van der Waals surface area contributed by atoms with Crippen LogP contribution in [0.4, 0.5) is 5.82 Å². The van der Waals surface area contributed by atoms with E-state index < -0.39 is 0 Å². The number of aryl methyl sites for hydroxylation is 1. The van der Waals surface area contributed by atoms with Crippen molar-refractivity contribution < 1.29 is 4.79 Å². The third-order valence-electron chi connectivity index (χ3n) is 3.01. The van der Waals surface area contributed by atoms with E-state index in [2.05, 4.69) is 9.98 Å². The van der Waals surface area contributed by atoms with Crippen LogP contribution in [0.1, 0.15) is 27.9 Å². The van der Waals surface area contributed by atoms with Gasteiger partial charge in [-0.15, -0.1) is 0 Å². The van der Waals surface area contributed by atoms with Crippen molar-refractivity contribution in [2.45, 2.75) is 13.3 Å². The first-order valence-electron chi connectivity index (χ1n) is 5.87. The van der Waals surface area contributed by atoms with Gasteiger partial charge in [-0.3, -0.25) is 4.79 Å². The van der Waals surface area contributed by atoms with Crippen LogP contribution < -0.4 is 0 Å². The van der Waals surface area contributed by atoms with Crippen molar-refractivity contribution in [3.8, 4) is 0 Å². The molecular formula is C15H12N2O. The number of ketones is 1. The summed E-state index contributed by atoms with van der Waals surface area (Å²) in [5.74, 6) is 0.620. The fourth-order valence-electron chi connectivity index (χ4n) is 2.11. The number of Topliss-reactive ketones (excluding diaryl/α,β-unsaturated/α-hetero) is 1. The third kappa shape index (κ3) is 1.84. The smallest absolute Gasteiger partial charge is 0.172 e. The zero-order valence-corrected chi connectivity index (χ0v) is 10.1. The van der Waals surface area contributed by atoms with Crippen LogP contribution in [0, 0.1) is 6.92 Å². The molecular weight excluding hydrogens is 224 g/mol. The molecule has 0 spiro atoms. The lowest BCUT2D eigenvalue weighted by Crippen LogP contribution is -2.15. The Morgan fingerprint density at radius 2 is 2.06 bits per heavy atom. The number of aromatic nitrogens is 1. The third-order valence-corrected chi connectivity index (χ3v) is 3.01. The van der Waals surface area contributed by atoms with E-state index in [0.717, 1.165) is 16.8 Å². The van der Waals surface area contributed by atoms with Gasteiger partial charge in [0.1, 0.15) is 0 Å². The molecule has 0 saturated carbocycles. The van der Waals surface area contributed by atoms with Crippen LogP contribution in [0.15, 0.2) is 47.6 Å². The first-order chi connectivity index (χ1) is 8.74. The largest absolute Gasteiger partial charge is 0.294 e. The summed E-state index contributed by atoms with van der Waals surface area (Å²) in [4.78, 5) is 20.7. The first-order valence-corrected chi connectivity index (χ1v) is 5.87. The Bertz CT molecular complexity index is 659. The van der Waals surface area contributed by atoms with Crippen LogP contribution in [-0.4, -0.2) is 16.5 Å². The molecule has 0 aliphatic carbocycles. The average molecular weight is 236 g/mol. The molecule has 18 heavy (non-hydrogen) atoms. The molecule has 0 saturated heterocycles. The van der Waals surface area contributed by atoms with Crippen molar-refractivity contribution in [3.05, 3.63) is 59.3 Å². The summed E-state index contributed by atoms with van der Waals surface area (Å²) in [5, 5.41) is 0. The quantitative estimate of drug-likeness (QED) is 0.763. The van der Waals surface area contributed by atoms with Crippen molar-refractivity contribution in [2.24, 2.45) is 4.99 Å². The fraction of sp³-hybridized carbons (Fsp3) is 0.133. The van der Waals surface area contributed by atoms with E-state index in [1.165, 1.54) is 0 Å². The summed E-state index contributed by atoms with van der Waals surface area (Å²) in [6.07, 6.45) is 2.01. The number of benzene rings is 1. The average Bonchev–Trinajstić information content (AvgIpc) is 2.39. The van der Waals surface area contributed by atoms with E-state index in [1.54, 1.807) is 18.3 Å². The van der Waals surface area contributed by atoms with Gasteiger partial charge in [-0.05, 0) is 24.6 Å². The van der Waals surface area contributed by atoms with Gasteiger partial charge in [0.05, 0.1) is 17.7 Å². The van der Waals surface area contributed by atoms with Crippen LogP contribution in [0.3, 0.4) is 0 Å². The maximum atomic E-state index is 12.0. The molecule has 1 aromatic heterocycles. The molecule has 88 valence electrons. The topological polar surface area (TPSA) is 42.3 Å². The maximum absolute atomic E-state index is 12.0. The summed E-state index contributed by atoms with van der Waals surface area (Å²) in [5.41, 5.74) is 3.58. The molecule has 0 unspecified atom stereocenters. The number of aliphatic imine (C=N–C) groups is 1. The Morgan fingerprint density at radius 3 is 2.89 bits per heavy atom. The monoisotopic (exact) mass is 236 g/mol. The van der Waals surface area contributed by atoms with E-state index in [4.69, 9.17) is 0 Å². The molecule has 0 bridgehead atoms. The highest BCUT2D eigenvalue weighted by atomic mass is 16.1. The second-order valence-electron chi connectivity index (χ2n) is 4.40. The molecule has 1 aliphatic heterocycles. The molecule has 2 aromatic rings. The van der Waals surface area contributed by atoms with E-state index >= 15 is 0 Å². The predicted molar refractivity (Wildman–Crippen MR) is 70.6 cm³/mol. The summed E-state index contributed by atoms with van der Waals surface area (Å²) in [6, 6.07) is 11.6. The lowest BCUT2D eigenvalue weighted by molar-refractivity contribution is 0.0999. The van der Waals surface area contributed by atoms with Crippen LogP contribution in [0.25, 0.3) is 0 Å². The zero-order valence-electron chi connectivity index (χ0n) is 10.1. The molecule has 2 heterocycles. The minimum absolute atomic E-state index is 0.0876. The van der Waals surface area contributed by atoms with E-state index in [1.807, 2.05) is 31.2 Å². The Balaban J connectivity index is 2.11. The van der Waals surface area contributed by atoms with E-state index in [0.29, 0.717) is 17.8 Å². The Hall–Kier alpha value is -2.29. The van der Waals surface area contributed by atoms with Crippen molar-refractivity contribution in [3.63, 3.8) is 0 Å². The highest BCUT2D eigenvalue weighted by molar-refractivity contribution is 6.20. The molecule has 0 radical (unpaired) electrons. The zero-order chi connectivity index (χ0) is 12.5. The summed E-state index contributed by atoms with van der Waals surface area (Å²) in [7, 11) is 0. The molecule has 0 N–H and O–H groups in total. The molecule has 0 atom stereocenters. The second-order valence-corrected chi connectivity index (χ2v) is 4.40. The molecule has 1 aliphatic rings. The number of pyridine rings is 1. The van der Waals surface area contributed by atoms with Crippen molar-refractivity contribution in [1.29, 1.82) is 0 Å². The number of carbonyl (C=O) groups excluding carboxylic acids is 1. The van der Waals surface area contributed by atoms with Crippen molar-refractivity contribution in [2.75, 3.05) is 0 Å². The Morgan fingerprint density at radius 1 is 1.17 bits per heavy atom. The number of rotatable bonds is 1. The van der Waals surface area contributed by atoms with Gasteiger partial charge in [0.15, 0.2) is 11.6 Å². The van der Waals surface area contributed by atoms with Crippen LogP contribution in [0.2, 0.25) is 0 Å². The Kier molecular flexibility index (Phi) is 2.52. The Labute approximate surface area is 105 Å². The standard InChI is InChI=1S/C15H12N2O/c1-10-4-2-5-11(8-10)13-9-14(18)12-6-3-7-16-15(12)17-13/h2-8H,9H2,1H3. The number of nitrogens with zero attached hydrogens (tertiary/aromatic N) is 2. The highest BCUT2D eigenvalue weighted by Gasteiger charge is 2.21. The lowest BCUT2D eigenvalue weighted by Gasteiger charge is -2.13. The summed E-state index contributed by atoms with van der Waals surface area (Å²) < 4.78 is 0. The van der Waals surface area contributed by atoms with E-state index in [9.17, 15) is 4.79 Å². The van der Waals surface area contributed by atoms with Gasteiger partial charge in [0.25, 0.3) is 0 Å². The van der Waals surface area contributed by atoms with Gasteiger partial charge in [0.2, 0.25) is 0 Å². The summed E-state index contributed by atoms with van der Waals surface area (Å²) >= 11 is 0. The molecule has 0 amide bonds. The van der Waals surface area contributed by atoms with Gasteiger partial charge in [-0.1, -0.05) is 29.8 Å². The number of hydrogen-bond acceptors (Lipinski definition) is 3. The van der Waals surface area contributed by atoms with Crippen LogP contribution >= 0.6 is 0 Å². The van der Waals surface area contributed by atoms with Crippen LogP contribution in [-0.2, 0) is 0 Å². The highest BCUT2D eigenvalue weighted by Crippen LogP contribution is 2.25. The van der Waals surface area contributed by atoms with Crippen molar-refractivity contribution in [1.82, 2.24) is 4.98 Å². The molecule has 0 fully saturated rings. The first kappa shape index (κ1) is 10.8. The fourth-order valence-corrected chi connectivity index (χ4v) is 2.11.